The number of ether oxygens (including phenoxy) is 1. The Labute approximate surface area is 151 Å². The molecule has 1 amide bonds. The number of carbonyl (C=O) groups excluding carboxylic acids is 1. The van der Waals surface area contributed by atoms with Gasteiger partial charge in [0.1, 0.15) is 12.6 Å². The monoisotopic (exact) mass is 352 g/mol. The fraction of sp³-hybridized carbons (Fsp3) is 0.200. The summed E-state index contributed by atoms with van der Waals surface area (Å²) in [6.45, 7) is 0.0906. The van der Waals surface area contributed by atoms with Crippen LogP contribution in [0.25, 0.3) is 10.9 Å². The normalized spacial score (nSPS) is 11.9. The number of hydrogen-bond acceptors (Lipinski definition) is 3. The Bertz CT molecular complexity index is 918. The zero-order valence-electron chi connectivity index (χ0n) is 14.4. The van der Waals surface area contributed by atoms with Gasteiger partial charge in [0.15, 0.2) is 0 Å². The smallest absolute Gasteiger partial charge is 0.408 e. The van der Waals surface area contributed by atoms with E-state index < -0.39 is 18.1 Å². The number of hydrogen-bond donors (Lipinski definition) is 2. The van der Waals surface area contributed by atoms with Crippen molar-refractivity contribution in [2.24, 2.45) is 7.05 Å². The predicted octanol–water partition coefficient (Wildman–Crippen LogP) is 3.10. The largest absolute Gasteiger partial charge is 0.480 e. The van der Waals surface area contributed by atoms with Crippen molar-refractivity contribution in [3.05, 3.63) is 71.9 Å². The Morgan fingerprint density at radius 2 is 1.81 bits per heavy atom. The maximum atomic E-state index is 12.0. The topological polar surface area (TPSA) is 80.6 Å². The Morgan fingerprint density at radius 1 is 1.12 bits per heavy atom. The molecule has 0 saturated heterocycles. The molecule has 0 fully saturated rings. The number of fused-ring (bicyclic) bond motifs is 1. The van der Waals surface area contributed by atoms with Crippen LogP contribution in [-0.4, -0.2) is 27.8 Å². The van der Waals surface area contributed by atoms with E-state index in [0.717, 1.165) is 22.0 Å². The van der Waals surface area contributed by atoms with Crippen LogP contribution in [0, 0.1) is 0 Å². The van der Waals surface area contributed by atoms with Crippen molar-refractivity contribution in [1.82, 2.24) is 9.88 Å². The van der Waals surface area contributed by atoms with Crippen LogP contribution < -0.4 is 5.32 Å². The minimum absolute atomic E-state index is 0.0906. The number of carboxylic acids is 1. The highest BCUT2D eigenvalue weighted by Crippen LogP contribution is 2.21. The quantitative estimate of drug-likeness (QED) is 0.714. The number of rotatable bonds is 6. The van der Waals surface area contributed by atoms with Crippen molar-refractivity contribution in [2.75, 3.05) is 0 Å². The van der Waals surface area contributed by atoms with Crippen LogP contribution in [0.15, 0.2) is 60.8 Å². The summed E-state index contributed by atoms with van der Waals surface area (Å²) < 4.78 is 7.06. The highest BCUT2D eigenvalue weighted by molar-refractivity contribution is 5.86. The fourth-order valence-electron chi connectivity index (χ4n) is 2.92. The van der Waals surface area contributed by atoms with Gasteiger partial charge in [0.05, 0.1) is 0 Å². The average molecular weight is 352 g/mol. The van der Waals surface area contributed by atoms with E-state index >= 15 is 0 Å². The highest BCUT2D eigenvalue weighted by atomic mass is 16.5. The van der Waals surface area contributed by atoms with Crippen molar-refractivity contribution in [1.29, 1.82) is 0 Å². The molecular weight excluding hydrogens is 332 g/mol. The third-order valence-corrected chi connectivity index (χ3v) is 4.21. The number of aromatic nitrogens is 1. The molecule has 1 aromatic heterocycles. The number of aliphatic carboxylic acids is 1. The summed E-state index contributed by atoms with van der Waals surface area (Å²) in [5, 5.41) is 12.9. The summed E-state index contributed by atoms with van der Waals surface area (Å²) in [5.74, 6) is -1.10. The number of nitrogens with zero attached hydrogens (tertiary/aromatic N) is 1. The molecule has 134 valence electrons. The van der Waals surface area contributed by atoms with E-state index in [1.807, 2.05) is 72.4 Å². The van der Waals surface area contributed by atoms with Gasteiger partial charge in [-0.25, -0.2) is 9.59 Å². The maximum absolute atomic E-state index is 12.0. The summed E-state index contributed by atoms with van der Waals surface area (Å²) in [6.07, 6.45) is 1.32. The standard InChI is InChI=1S/C20H20N2O4/c1-22-12-15(16-9-5-6-10-18(16)22)11-17(19(23)24)21-20(25)26-13-14-7-3-2-4-8-14/h2-10,12,17H,11,13H2,1H3,(H,21,25)(H,23,24)/t17-/m0/s1. The zero-order chi connectivity index (χ0) is 18.5. The van der Waals surface area contributed by atoms with Crippen molar-refractivity contribution in [2.45, 2.75) is 19.1 Å². The van der Waals surface area contributed by atoms with Gasteiger partial charge in [0, 0.05) is 30.6 Å². The Morgan fingerprint density at radius 3 is 2.54 bits per heavy atom. The number of nitrogens with one attached hydrogen (secondary N) is 1. The molecule has 1 heterocycles. The van der Waals surface area contributed by atoms with Gasteiger partial charge in [-0.05, 0) is 17.2 Å². The lowest BCUT2D eigenvalue weighted by atomic mass is 10.1. The summed E-state index contributed by atoms with van der Waals surface area (Å²) in [5.41, 5.74) is 2.71. The molecule has 0 saturated carbocycles. The number of carbonyl (C=O) groups is 2. The van der Waals surface area contributed by atoms with E-state index in [-0.39, 0.29) is 13.0 Å². The number of aryl methyl sites for hydroxylation is 1. The molecule has 6 nitrogen and oxygen atoms in total. The predicted molar refractivity (Wildman–Crippen MR) is 97.8 cm³/mol. The lowest BCUT2D eigenvalue weighted by molar-refractivity contribution is -0.139. The molecular formula is C20H20N2O4. The molecule has 0 aliphatic carbocycles. The third kappa shape index (κ3) is 4.03. The summed E-state index contributed by atoms with van der Waals surface area (Å²) in [4.78, 5) is 23.6. The number of benzene rings is 2. The molecule has 0 bridgehead atoms. The van der Waals surface area contributed by atoms with Gasteiger partial charge in [-0.1, -0.05) is 48.5 Å². The molecule has 0 radical (unpaired) electrons. The van der Waals surface area contributed by atoms with Crippen LogP contribution in [0.5, 0.6) is 0 Å². The van der Waals surface area contributed by atoms with Crippen LogP contribution in [0.1, 0.15) is 11.1 Å². The Kier molecular flexibility index (Phi) is 5.22. The fourth-order valence-corrected chi connectivity index (χ4v) is 2.92. The SMILES string of the molecule is Cn1cc(C[C@H](NC(=O)OCc2ccccc2)C(=O)O)c2ccccc21. The second kappa shape index (κ2) is 7.74. The molecule has 6 heteroatoms. The second-order valence-corrected chi connectivity index (χ2v) is 6.08. The Hall–Kier alpha value is -3.28. The lowest BCUT2D eigenvalue weighted by Crippen LogP contribution is -2.42. The number of carboxylic acid groups (broad SMARTS) is 1. The molecule has 0 spiro atoms. The molecule has 1 atom stereocenters. The first-order chi connectivity index (χ1) is 12.5. The van der Waals surface area contributed by atoms with Crippen molar-refractivity contribution in [3.8, 4) is 0 Å². The minimum atomic E-state index is -1.10. The van der Waals surface area contributed by atoms with Gasteiger partial charge in [0.25, 0.3) is 0 Å². The first-order valence-corrected chi connectivity index (χ1v) is 8.27. The average Bonchev–Trinajstić information content (AvgIpc) is 2.96. The maximum Gasteiger partial charge on any atom is 0.408 e. The van der Waals surface area contributed by atoms with Gasteiger partial charge < -0.3 is 19.7 Å². The van der Waals surface area contributed by atoms with Gasteiger partial charge >= 0.3 is 12.1 Å². The van der Waals surface area contributed by atoms with Crippen molar-refractivity contribution >= 4 is 23.0 Å². The second-order valence-electron chi connectivity index (χ2n) is 6.08. The highest BCUT2D eigenvalue weighted by Gasteiger charge is 2.23. The van der Waals surface area contributed by atoms with E-state index in [1.165, 1.54) is 0 Å². The van der Waals surface area contributed by atoms with Gasteiger partial charge in [-0.3, -0.25) is 0 Å². The van der Waals surface area contributed by atoms with E-state index in [0.29, 0.717) is 0 Å². The minimum Gasteiger partial charge on any atom is -0.480 e. The molecule has 2 N–H and O–H groups in total. The summed E-state index contributed by atoms with van der Waals surface area (Å²) in [6, 6.07) is 15.9. The van der Waals surface area contributed by atoms with E-state index in [1.54, 1.807) is 0 Å². The molecule has 2 aromatic carbocycles. The molecule has 26 heavy (non-hydrogen) atoms. The number of amides is 1. The van der Waals surface area contributed by atoms with Crippen molar-refractivity contribution < 1.29 is 19.4 Å². The first-order valence-electron chi connectivity index (χ1n) is 8.27. The van der Waals surface area contributed by atoms with Crippen LogP contribution in [0.2, 0.25) is 0 Å². The summed E-state index contributed by atoms with van der Waals surface area (Å²) >= 11 is 0. The molecule has 3 rings (SSSR count). The first kappa shape index (κ1) is 17.5. The number of para-hydroxylation sites is 1. The summed E-state index contributed by atoms with van der Waals surface area (Å²) in [7, 11) is 1.91. The van der Waals surface area contributed by atoms with Gasteiger partial charge in [-0.15, -0.1) is 0 Å². The lowest BCUT2D eigenvalue weighted by Gasteiger charge is -2.14. The van der Waals surface area contributed by atoms with Gasteiger partial charge in [-0.2, -0.15) is 0 Å². The zero-order valence-corrected chi connectivity index (χ0v) is 14.4. The molecule has 0 aliphatic heterocycles. The van der Waals surface area contributed by atoms with Crippen molar-refractivity contribution in [3.63, 3.8) is 0 Å². The Balaban J connectivity index is 1.67. The van der Waals surface area contributed by atoms with Crippen LogP contribution >= 0.6 is 0 Å². The molecule has 0 unspecified atom stereocenters. The molecule has 0 aliphatic rings. The number of alkyl carbamates (subject to hydrolysis) is 1. The van der Waals surface area contributed by atoms with E-state index in [9.17, 15) is 14.7 Å². The molecule has 3 aromatic rings. The third-order valence-electron chi connectivity index (χ3n) is 4.21. The van der Waals surface area contributed by atoms with Crippen LogP contribution in [-0.2, 0) is 29.6 Å². The van der Waals surface area contributed by atoms with E-state index in [4.69, 9.17) is 4.74 Å². The van der Waals surface area contributed by atoms with Gasteiger partial charge in [0.2, 0.25) is 0 Å². The van der Waals surface area contributed by atoms with Crippen LogP contribution in [0.3, 0.4) is 0 Å². The van der Waals surface area contributed by atoms with Crippen LogP contribution in [0.4, 0.5) is 4.79 Å². The van der Waals surface area contributed by atoms with E-state index in [2.05, 4.69) is 5.32 Å².